The molecule has 0 atom stereocenters. The van der Waals surface area contributed by atoms with Gasteiger partial charge < -0.3 is 14.9 Å². The third kappa shape index (κ3) is 4.23. The van der Waals surface area contributed by atoms with E-state index in [9.17, 15) is 0 Å². The highest BCUT2D eigenvalue weighted by Crippen LogP contribution is 2.36. The second-order valence-electron chi connectivity index (χ2n) is 6.22. The molecular formula is C14H24N2O2Si. The molecule has 0 aliphatic heterocycles. The Bertz CT molecular complexity index is 453. The van der Waals surface area contributed by atoms with Crippen LogP contribution in [0.5, 0.6) is 0 Å². The SMILES string of the molecule is CC(C)(C)[Si](C)(C)OCc1cc(C(=N)CO)ccn1. The van der Waals surface area contributed by atoms with E-state index in [0.717, 1.165) is 5.69 Å². The fourth-order valence-electron chi connectivity index (χ4n) is 1.31. The first kappa shape index (κ1) is 16.0. The van der Waals surface area contributed by atoms with Gasteiger partial charge in [0, 0.05) is 11.8 Å². The van der Waals surface area contributed by atoms with Crippen LogP contribution < -0.4 is 0 Å². The minimum atomic E-state index is -1.78. The van der Waals surface area contributed by atoms with Gasteiger partial charge in [0.25, 0.3) is 0 Å². The molecule has 1 aromatic heterocycles. The molecule has 0 bridgehead atoms. The van der Waals surface area contributed by atoms with Crippen LogP contribution in [0.2, 0.25) is 18.1 Å². The van der Waals surface area contributed by atoms with E-state index in [-0.39, 0.29) is 17.4 Å². The van der Waals surface area contributed by atoms with E-state index in [1.165, 1.54) is 0 Å². The van der Waals surface area contributed by atoms with Gasteiger partial charge in [0.15, 0.2) is 8.32 Å². The van der Waals surface area contributed by atoms with Crippen molar-refractivity contribution in [2.24, 2.45) is 0 Å². The van der Waals surface area contributed by atoms with Crippen LogP contribution in [0.4, 0.5) is 0 Å². The Kier molecular flexibility index (Phi) is 5.01. The average Bonchev–Trinajstić information content (AvgIpc) is 2.34. The van der Waals surface area contributed by atoms with Gasteiger partial charge in [-0.15, -0.1) is 0 Å². The predicted molar refractivity (Wildman–Crippen MR) is 80.1 cm³/mol. The summed E-state index contributed by atoms with van der Waals surface area (Å²) in [7, 11) is -1.78. The monoisotopic (exact) mass is 280 g/mol. The van der Waals surface area contributed by atoms with Crippen LogP contribution in [-0.4, -0.2) is 30.7 Å². The van der Waals surface area contributed by atoms with Crippen LogP contribution in [0, 0.1) is 5.41 Å². The quantitative estimate of drug-likeness (QED) is 0.643. The van der Waals surface area contributed by atoms with Gasteiger partial charge in [-0.2, -0.15) is 0 Å². The molecule has 0 amide bonds. The van der Waals surface area contributed by atoms with Gasteiger partial charge in [0.05, 0.1) is 24.6 Å². The molecule has 1 rings (SSSR count). The molecule has 5 heteroatoms. The standard InChI is InChI=1S/C14H24N2O2Si/c1-14(2,3)19(4,5)18-10-12-8-11(6-7-16-12)13(15)9-17/h6-8,15,17H,9-10H2,1-5H3. The van der Waals surface area contributed by atoms with E-state index in [0.29, 0.717) is 12.2 Å². The Morgan fingerprint density at radius 1 is 1.42 bits per heavy atom. The molecule has 0 aliphatic carbocycles. The summed E-state index contributed by atoms with van der Waals surface area (Å²) in [6, 6.07) is 3.54. The maximum absolute atomic E-state index is 8.98. The van der Waals surface area contributed by atoms with E-state index in [2.05, 4.69) is 38.8 Å². The smallest absolute Gasteiger partial charge is 0.192 e. The normalized spacial score (nSPS) is 12.5. The molecule has 0 fully saturated rings. The van der Waals surface area contributed by atoms with Crippen LogP contribution in [0.1, 0.15) is 32.0 Å². The highest BCUT2D eigenvalue weighted by atomic mass is 28.4. The van der Waals surface area contributed by atoms with Gasteiger partial charge in [-0.1, -0.05) is 20.8 Å². The van der Waals surface area contributed by atoms with Crippen molar-refractivity contribution < 1.29 is 9.53 Å². The lowest BCUT2D eigenvalue weighted by Gasteiger charge is -2.36. The molecule has 1 aromatic rings. The number of nitrogens with one attached hydrogen (secondary N) is 1. The Labute approximate surface area is 116 Å². The molecule has 0 saturated carbocycles. The molecule has 0 aromatic carbocycles. The molecule has 19 heavy (non-hydrogen) atoms. The number of pyridine rings is 1. The van der Waals surface area contributed by atoms with E-state index < -0.39 is 8.32 Å². The summed E-state index contributed by atoms with van der Waals surface area (Å²) >= 11 is 0. The summed E-state index contributed by atoms with van der Waals surface area (Å²) in [6.07, 6.45) is 1.66. The zero-order valence-electron chi connectivity index (χ0n) is 12.4. The summed E-state index contributed by atoms with van der Waals surface area (Å²) in [5, 5.41) is 16.8. The number of aliphatic hydroxyl groups is 1. The third-order valence-electron chi connectivity index (χ3n) is 3.71. The molecule has 0 spiro atoms. The summed E-state index contributed by atoms with van der Waals surface area (Å²) in [6.45, 7) is 11.2. The fourth-order valence-corrected chi connectivity index (χ4v) is 2.25. The van der Waals surface area contributed by atoms with Crippen LogP contribution in [0.15, 0.2) is 18.3 Å². The van der Waals surface area contributed by atoms with Gasteiger partial charge in [-0.3, -0.25) is 4.98 Å². The molecule has 0 saturated heterocycles. The second kappa shape index (κ2) is 5.94. The van der Waals surface area contributed by atoms with Crippen molar-refractivity contribution in [3.63, 3.8) is 0 Å². The molecule has 1 heterocycles. The summed E-state index contributed by atoms with van der Waals surface area (Å²) < 4.78 is 6.09. The summed E-state index contributed by atoms with van der Waals surface area (Å²) in [5.74, 6) is 0. The van der Waals surface area contributed by atoms with E-state index in [4.69, 9.17) is 14.9 Å². The zero-order valence-corrected chi connectivity index (χ0v) is 13.4. The number of nitrogens with zero attached hydrogens (tertiary/aromatic N) is 1. The van der Waals surface area contributed by atoms with E-state index >= 15 is 0 Å². The highest BCUT2D eigenvalue weighted by molar-refractivity contribution is 6.74. The first-order valence-corrected chi connectivity index (χ1v) is 9.36. The number of aromatic nitrogens is 1. The van der Waals surface area contributed by atoms with Crippen molar-refractivity contribution in [1.29, 1.82) is 5.41 Å². The van der Waals surface area contributed by atoms with Crippen molar-refractivity contribution in [2.75, 3.05) is 6.61 Å². The first-order chi connectivity index (χ1) is 8.67. The minimum Gasteiger partial charge on any atom is -0.411 e. The molecule has 0 unspecified atom stereocenters. The van der Waals surface area contributed by atoms with Crippen LogP contribution in [0.3, 0.4) is 0 Å². The van der Waals surface area contributed by atoms with Gasteiger partial charge in [0.2, 0.25) is 0 Å². The number of hydrogen-bond acceptors (Lipinski definition) is 4. The Balaban J connectivity index is 2.76. The fraction of sp³-hybridized carbons (Fsp3) is 0.571. The Morgan fingerprint density at radius 3 is 2.58 bits per heavy atom. The maximum atomic E-state index is 8.98. The van der Waals surface area contributed by atoms with Crippen LogP contribution in [-0.2, 0) is 11.0 Å². The molecule has 4 nitrogen and oxygen atoms in total. The summed E-state index contributed by atoms with van der Waals surface area (Å²) in [5.41, 5.74) is 1.71. The van der Waals surface area contributed by atoms with Gasteiger partial charge in [-0.25, -0.2) is 0 Å². The Hall–Kier alpha value is -1.04. The molecule has 106 valence electrons. The van der Waals surface area contributed by atoms with Crippen molar-refractivity contribution in [3.05, 3.63) is 29.6 Å². The van der Waals surface area contributed by atoms with Crippen molar-refractivity contribution in [2.45, 2.75) is 45.5 Å². The lowest BCUT2D eigenvalue weighted by atomic mass is 10.1. The van der Waals surface area contributed by atoms with Gasteiger partial charge >= 0.3 is 0 Å². The van der Waals surface area contributed by atoms with Crippen molar-refractivity contribution >= 4 is 14.0 Å². The van der Waals surface area contributed by atoms with Crippen LogP contribution >= 0.6 is 0 Å². The highest BCUT2D eigenvalue weighted by Gasteiger charge is 2.37. The van der Waals surface area contributed by atoms with Gasteiger partial charge in [0.1, 0.15) is 0 Å². The minimum absolute atomic E-state index is 0.169. The van der Waals surface area contributed by atoms with E-state index in [1.807, 2.05) is 6.07 Å². The number of rotatable bonds is 5. The Morgan fingerprint density at radius 2 is 2.05 bits per heavy atom. The molecule has 0 radical (unpaired) electrons. The predicted octanol–water partition coefficient (Wildman–Crippen LogP) is 2.96. The summed E-state index contributed by atoms with van der Waals surface area (Å²) in [4.78, 5) is 4.26. The van der Waals surface area contributed by atoms with Crippen molar-refractivity contribution in [1.82, 2.24) is 4.98 Å². The molecule has 0 aliphatic rings. The molecule has 2 N–H and O–H groups in total. The third-order valence-corrected chi connectivity index (χ3v) is 8.19. The topological polar surface area (TPSA) is 66.2 Å². The van der Waals surface area contributed by atoms with Crippen molar-refractivity contribution in [3.8, 4) is 0 Å². The number of aliphatic hydroxyl groups excluding tert-OH is 1. The number of hydrogen-bond donors (Lipinski definition) is 2. The first-order valence-electron chi connectivity index (χ1n) is 6.45. The maximum Gasteiger partial charge on any atom is 0.192 e. The van der Waals surface area contributed by atoms with E-state index in [1.54, 1.807) is 12.3 Å². The van der Waals surface area contributed by atoms with Crippen LogP contribution in [0.25, 0.3) is 0 Å². The lowest BCUT2D eigenvalue weighted by Crippen LogP contribution is -2.40. The molecular weight excluding hydrogens is 256 g/mol. The average molecular weight is 280 g/mol. The van der Waals surface area contributed by atoms with Gasteiger partial charge in [-0.05, 0) is 30.3 Å². The largest absolute Gasteiger partial charge is 0.411 e. The zero-order chi connectivity index (χ0) is 14.7. The lowest BCUT2D eigenvalue weighted by molar-refractivity contribution is 0.272. The second-order valence-corrected chi connectivity index (χ2v) is 11.0.